The molecule has 8 nitrogen and oxygen atoms in total. The highest BCUT2D eigenvalue weighted by Gasteiger charge is 2.08. The van der Waals surface area contributed by atoms with E-state index in [2.05, 4.69) is 32.0 Å². The van der Waals surface area contributed by atoms with E-state index in [1.807, 2.05) is 43.3 Å². The number of hydrogen-bond acceptors (Lipinski definition) is 6. The average molecular weight is 493 g/mol. The van der Waals surface area contributed by atoms with Crippen molar-refractivity contribution in [2.45, 2.75) is 18.2 Å². The Labute approximate surface area is 203 Å². The van der Waals surface area contributed by atoms with Gasteiger partial charge in [0, 0.05) is 23.3 Å². The second-order valence-electron chi connectivity index (χ2n) is 7.77. The van der Waals surface area contributed by atoms with Crippen LogP contribution < -0.4 is 21.1 Å². The molecule has 0 saturated heterocycles. The summed E-state index contributed by atoms with van der Waals surface area (Å²) in [6.45, 7) is 2.62. The minimum atomic E-state index is -3.69. The molecule has 4 aromatic rings. The van der Waals surface area contributed by atoms with Crippen LogP contribution in [-0.4, -0.2) is 30.0 Å². The quantitative estimate of drug-likeness (QED) is 0.287. The zero-order chi connectivity index (χ0) is 24.1. The number of aryl methyl sites for hydroxylation is 1. The van der Waals surface area contributed by atoms with Gasteiger partial charge in [-0.15, -0.1) is 0 Å². The highest BCUT2D eigenvalue weighted by atomic mass is 32.2. The Morgan fingerprint density at radius 3 is 2.53 bits per heavy atom. The topological polar surface area (TPSA) is 122 Å². The molecule has 0 aliphatic heterocycles. The highest BCUT2D eigenvalue weighted by molar-refractivity contribution is 7.89. The Morgan fingerprint density at radius 2 is 1.79 bits per heavy atom. The van der Waals surface area contributed by atoms with Gasteiger partial charge in [-0.1, -0.05) is 24.3 Å². The van der Waals surface area contributed by atoms with E-state index < -0.39 is 10.0 Å². The first-order valence-electron chi connectivity index (χ1n) is 10.5. The van der Waals surface area contributed by atoms with Crippen LogP contribution >= 0.6 is 12.2 Å². The van der Waals surface area contributed by atoms with Crippen molar-refractivity contribution in [2.24, 2.45) is 5.14 Å². The first-order valence-corrected chi connectivity index (χ1v) is 12.5. The predicted molar refractivity (Wildman–Crippen MR) is 140 cm³/mol. The van der Waals surface area contributed by atoms with Crippen LogP contribution in [0.3, 0.4) is 0 Å². The Bertz CT molecular complexity index is 1440. The number of primary sulfonamides is 1. The van der Waals surface area contributed by atoms with Crippen molar-refractivity contribution in [2.75, 3.05) is 17.2 Å². The molecule has 0 aliphatic carbocycles. The fraction of sp³-hybridized carbons (Fsp3) is 0.125. The predicted octanol–water partition coefficient (Wildman–Crippen LogP) is 3.86. The first-order chi connectivity index (χ1) is 16.3. The minimum Gasteiger partial charge on any atom is -0.362 e. The molecule has 1 aromatic heterocycles. The summed E-state index contributed by atoms with van der Waals surface area (Å²) in [6.07, 6.45) is 2.21. The lowest BCUT2D eigenvalue weighted by Crippen LogP contribution is -2.30. The van der Waals surface area contributed by atoms with E-state index in [-0.39, 0.29) is 4.90 Å². The standard InChI is InChI=1S/C24H24N6O2S2/c1-16-3-2-4-18(13-16)29-23-21-14-19(7-10-22(21)27-15-28-23)30-24(33)26-12-11-17-5-8-20(9-6-17)34(25,31)32/h2-10,13-15H,11-12H2,1H3,(H2,25,31,32)(H2,26,30,33)(H,27,28,29). The van der Waals surface area contributed by atoms with Gasteiger partial charge in [-0.25, -0.2) is 23.5 Å². The maximum atomic E-state index is 11.4. The normalized spacial score (nSPS) is 11.2. The molecular weight excluding hydrogens is 468 g/mol. The average Bonchev–Trinajstić information content (AvgIpc) is 2.79. The number of nitrogens with one attached hydrogen (secondary N) is 3. The fourth-order valence-electron chi connectivity index (χ4n) is 3.43. The van der Waals surface area contributed by atoms with Gasteiger partial charge < -0.3 is 16.0 Å². The lowest BCUT2D eigenvalue weighted by molar-refractivity contribution is 0.598. The van der Waals surface area contributed by atoms with Crippen molar-refractivity contribution < 1.29 is 8.42 Å². The van der Waals surface area contributed by atoms with Crippen molar-refractivity contribution >= 4 is 55.4 Å². The Morgan fingerprint density at radius 1 is 1.00 bits per heavy atom. The van der Waals surface area contributed by atoms with E-state index in [4.69, 9.17) is 17.4 Å². The molecule has 0 amide bonds. The van der Waals surface area contributed by atoms with Gasteiger partial charge in [0.2, 0.25) is 10.0 Å². The number of anilines is 3. The summed E-state index contributed by atoms with van der Waals surface area (Å²) in [7, 11) is -3.69. The van der Waals surface area contributed by atoms with E-state index in [0.29, 0.717) is 23.9 Å². The third-order valence-electron chi connectivity index (χ3n) is 5.13. The van der Waals surface area contributed by atoms with Gasteiger partial charge in [0.1, 0.15) is 12.1 Å². The van der Waals surface area contributed by atoms with E-state index in [0.717, 1.165) is 33.4 Å². The van der Waals surface area contributed by atoms with Gasteiger partial charge >= 0.3 is 0 Å². The summed E-state index contributed by atoms with van der Waals surface area (Å²) >= 11 is 5.43. The van der Waals surface area contributed by atoms with Crippen LogP contribution in [0, 0.1) is 6.92 Å². The van der Waals surface area contributed by atoms with E-state index >= 15 is 0 Å². The van der Waals surface area contributed by atoms with E-state index in [9.17, 15) is 8.42 Å². The second-order valence-corrected chi connectivity index (χ2v) is 9.74. The lowest BCUT2D eigenvalue weighted by atomic mass is 10.1. The molecule has 0 fully saturated rings. The molecule has 0 radical (unpaired) electrons. The number of fused-ring (bicyclic) bond motifs is 1. The number of nitrogens with zero attached hydrogens (tertiary/aromatic N) is 2. The van der Waals surface area contributed by atoms with Crippen molar-refractivity contribution in [3.63, 3.8) is 0 Å². The number of thiocarbonyl (C=S) groups is 1. The van der Waals surface area contributed by atoms with Crippen molar-refractivity contribution in [1.29, 1.82) is 0 Å². The molecule has 1 heterocycles. The van der Waals surface area contributed by atoms with Crippen LogP contribution in [-0.2, 0) is 16.4 Å². The molecule has 0 saturated carbocycles. The van der Waals surface area contributed by atoms with E-state index in [1.165, 1.54) is 18.5 Å². The summed E-state index contributed by atoms with van der Waals surface area (Å²) in [6, 6.07) is 20.3. The zero-order valence-corrected chi connectivity index (χ0v) is 20.1. The molecule has 34 heavy (non-hydrogen) atoms. The molecule has 174 valence electrons. The van der Waals surface area contributed by atoms with Crippen molar-refractivity contribution in [3.05, 3.63) is 84.2 Å². The molecule has 0 atom stereocenters. The van der Waals surface area contributed by atoms with Gasteiger partial charge in [0.05, 0.1) is 10.4 Å². The molecule has 0 unspecified atom stereocenters. The summed E-state index contributed by atoms with van der Waals surface area (Å²) in [4.78, 5) is 8.86. The molecular formula is C24H24N6O2S2. The summed E-state index contributed by atoms with van der Waals surface area (Å²) < 4.78 is 22.7. The smallest absolute Gasteiger partial charge is 0.238 e. The van der Waals surface area contributed by atoms with Crippen LogP contribution in [0.25, 0.3) is 10.9 Å². The zero-order valence-electron chi connectivity index (χ0n) is 18.4. The van der Waals surface area contributed by atoms with Crippen LogP contribution in [0.5, 0.6) is 0 Å². The van der Waals surface area contributed by atoms with Gasteiger partial charge in [0.15, 0.2) is 5.11 Å². The number of nitrogens with two attached hydrogens (primary N) is 1. The van der Waals surface area contributed by atoms with Gasteiger partial charge in [-0.2, -0.15) is 0 Å². The van der Waals surface area contributed by atoms with Crippen molar-refractivity contribution in [3.8, 4) is 0 Å². The van der Waals surface area contributed by atoms with Gasteiger partial charge in [-0.05, 0) is 79.2 Å². The minimum absolute atomic E-state index is 0.0953. The number of benzene rings is 3. The van der Waals surface area contributed by atoms with Crippen LogP contribution in [0.1, 0.15) is 11.1 Å². The Kier molecular flexibility index (Phi) is 7.01. The molecule has 4 rings (SSSR count). The number of hydrogen-bond donors (Lipinski definition) is 4. The first kappa shape index (κ1) is 23.6. The third kappa shape index (κ3) is 6.04. The summed E-state index contributed by atoms with van der Waals surface area (Å²) in [5.41, 5.74) is 4.70. The summed E-state index contributed by atoms with van der Waals surface area (Å²) in [5, 5.41) is 16.2. The van der Waals surface area contributed by atoms with Gasteiger partial charge in [-0.3, -0.25) is 0 Å². The van der Waals surface area contributed by atoms with Gasteiger partial charge in [0.25, 0.3) is 0 Å². The number of aromatic nitrogens is 2. The summed E-state index contributed by atoms with van der Waals surface area (Å²) in [5.74, 6) is 0.709. The SMILES string of the molecule is Cc1cccc(Nc2ncnc3ccc(NC(=S)NCCc4ccc(S(N)(=O)=O)cc4)cc23)c1. The molecule has 5 N–H and O–H groups in total. The Hall–Kier alpha value is -3.60. The van der Waals surface area contributed by atoms with Crippen LogP contribution in [0.15, 0.2) is 78.0 Å². The fourth-order valence-corrected chi connectivity index (χ4v) is 4.17. The lowest BCUT2D eigenvalue weighted by Gasteiger charge is -2.13. The molecule has 3 aromatic carbocycles. The van der Waals surface area contributed by atoms with Crippen LogP contribution in [0.4, 0.5) is 17.2 Å². The molecule has 0 aliphatic rings. The molecule has 0 spiro atoms. The highest BCUT2D eigenvalue weighted by Crippen LogP contribution is 2.26. The molecule has 0 bridgehead atoms. The number of rotatable bonds is 7. The largest absolute Gasteiger partial charge is 0.362 e. The second kappa shape index (κ2) is 10.1. The maximum Gasteiger partial charge on any atom is 0.238 e. The van der Waals surface area contributed by atoms with E-state index in [1.54, 1.807) is 12.1 Å². The van der Waals surface area contributed by atoms with Crippen molar-refractivity contribution in [1.82, 2.24) is 15.3 Å². The Balaban J connectivity index is 1.39. The van der Waals surface area contributed by atoms with Crippen LogP contribution in [0.2, 0.25) is 0 Å². The number of sulfonamides is 1. The maximum absolute atomic E-state index is 11.4. The molecule has 10 heteroatoms. The monoisotopic (exact) mass is 492 g/mol. The third-order valence-corrected chi connectivity index (χ3v) is 6.30.